The second-order valence-corrected chi connectivity index (χ2v) is 7.48. The third kappa shape index (κ3) is 3.64. The lowest BCUT2D eigenvalue weighted by molar-refractivity contribution is -0.0662. The van der Waals surface area contributed by atoms with Gasteiger partial charge in [-0.3, -0.25) is 0 Å². The number of ether oxygens (including phenoxy) is 1. The van der Waals surface area contributed by atoms with Crippen molar-refractivity contribution in [1.82, 2.24) is 9.97 Å². The van der Waals surface area contributed by atoms with E-state index in [1.807, 2.05) is 6.07 Å². The molecule has 1 aliphatic carbocycles. The van der Waals surface area contributed by atoms with Gasteiger partial charge in [0.2, 0.25) is 0 Å². The van der Waals surface area contributed by atoms with Crippen LogP contribution in [-0.4, -0.2) is 33.8 Å². The van der Waals surface area contributed by atoms with E-state index in [0.29, 0.717) is 0 Å². The van der Waals surface area contributed by atoms with Crippen LogP contribution >= 0.6 is 0 Å². The van der Waals surface area contributed by atoms with E-state index >= 15 is 0 Å². The molecular formula is C16H26N4O. The van der Waals surface area contributed by atoms with Crippen LogP contribution in [0.3, 0.4) is 0 Å². The second-order valence-electron chi connectivity index (χ2n) is 7.48. The largest absolute Gasteiger partial charge is 0.370 e. The topological polar surface area (TPSA) is 59.1 Å². The lowest BCUT2D eigenvalue weighted by Crippen LogP contribution is -2.38. The van der Waals surface area contributed by atoms with Gasteiger partial charge >= 0.3 is 0 Å². The number of hydrogen-bond acceptors (Lipinski definition) is 5. The second kappa shape index (κ2) is 5.13. The lowest BCUT2D eigenvalue weighted by atomic mass is 9.94. The van der Waals surface area contributed by atoms with Crippen LogP contribution < -0.4 is 10.6 Å². The maximum atomic E-state index is 6.12. The molecule has 21 heavy (non-hydrogen) atoms. The van der Waals surface area contributed by atoms with Gasteiger partial charge in [0, 0.05) is 12.6 Å². The summed E-state index contributed by atoms with van der Waals surface area (Å²) in [6, 6.07) is 2.24. The number of nitrogens with one attached hydrogen (secondary N) is 2. The molecule has 5 nitrogen and oxygen atoms in total. The summed E-state index contributed by atoms with van der Waals surface area (Å²) in [6.07, 6.45) is 5.26. The predicted octanol–water partition coefficient (Wildman–Crippen LogP) is 3.06. The molecule has 1 aliphatic heterocycles. The molecule has 2 fully saturated rings. The molecule has 116 valence electrons. The molecule has 1 saturated carbocycles. The van der Waals surface area contributed by atoms with Gasteiger partial charge in [-0.15, -0.1) is 0 Å². The standard InChI is InChI=1S/C16H26N4O/c1-15(2)8-12(16(3,4)21-15)20-14-7-13(18-10-19-14)17-9-11-5-6-11/h7,10-12H,5-6,8-9H2,1-4H3,(H2,17,18,19,20). The maximum absolute atomic E-state index is 6.12. The van der Waals surface area contributed by atoms with Crippen LogP contribution in [0.15, 0.2) is 12.4 Å². The Morgan fingerprint density at radius 1 is 1.19 bits per heavy atom. The van der Waals surface area contributed by atoms with Crippen molar-refractivity contribution in [1.29, 1.82) is 0 Å². The molecular weight excluding hydrogens is 264 g/mol. The first kappa shape index (κ1) is 14.6. The Morgan fingerprint density at radius 3 is 2.52 bits per heavy atom. The number of rotatable bonds is 5. The van der Waals surface area contributed by atoms with Crippen LogP contribution in [0, 0.1) is 5.92 Å². The van der Waals surface area contributed by atoms with E-state index in [1.165, 1.54) is 12.8 Å². The van der Waals surface area contributed by atoms with Gasteiger partial charge in [0.25, 0.3) is 0 Å². The zero-order chi connectivity index (χ0) is 15.1. The van der Waals surface area contributed by atoms with Crippen molar-refractivity contribution in [3.8, 4) is 0 Å². The van der Waals surface area contributed by atoms with Gasteiger partial charge in [-0.25, -0.2) is 9.97 Å². The predicted molar refractivity (Wildman–Crippen MR) is 84.5 cm³/mol. The van der Waals surface area contributed by atoms with Crippen molar-refractivity contribution < 1.29 is 4.74 Å². The van der Waals surface area contributed by atoms with Crippen molar-refractivity contribution in [2.45, 2.75) is 64.2 Å². The molecule has 5 heteroatoms. The van der Waals surface area contributed by atoms with E-state index in [4.69, 9.17) is 4.74 Å². The van der Waals surface area contributed by atoms with Crippen LogP contribution in [0.2, 0.25) is 0 Å². The van der Waals surface area contributed by atoms with Crippen molar-refractivity contribution in [3.63, 3.8) is 0 Å². The number of aromatic nitrogens is 2. The normalized spacial score (nSPS) is 26.6. The first-order valence-electron chi connectivity index (χ1n) is 7.87. The minimum Gasteiger partial charge on any atom is -0.370 e. The molecule has 0 spiro atoms. The summed E-state index contributed by atoms with van der Waals surface area (Å²) in [5, 5.41) is 6.90. The fourth-order valence-corrected chi connectivity index (χ4v) is 3.07. The monoisotopic (exact) mass is 290 g/mol. The first-order valence-corrected chi connectivity index (χ1v) is 7.87. The van der Waals surface area contributed by atoms with Crippen molar-refractivity contribution in [2.75, 3.05) is 17.2 Å². The van der Waals surface area contributed by atoms with Gasteiger partial charge in [0.1, 0.15) is 18.0 Å². The third-order valence-electron chi connectivity index (χ3n) is 4.33. The Bertz CT molecular complexity index is 511. The SMILES string of the molecule is CC1(C)CC(Nc2cc(NCC3CC3)ncn2)C(C)(C)O1. The fraction of sp³-hybridized carbons (Fsp3) is 0.750. The molecule has 0 aromatic carbocycles. The highest BCUT2D eigenvalue weighted by Gasteiger charge is 2.45. The van der Waals surface area contributed by atoms with E-state index in [0.717, 1.165) is 30.5 Å². The van der Waals surface area contributed by atoms with Crippen LogP contribution in [0.4, 0.5) is 11.6 Å². The highest BCUT2D eigenvalue weighted by atomic mass is 16.5. The van der Waals surface area contributed by atoms with Crippen LogP contribution in [0.25, 0.3) is 0 Å². The summed E-state index contributed by atoms with van der Waals surface area (Å²) >= 11 is 0. The molecule has 0 amide bonds. The lowest BCUT2D eigenvalue weighted by Gasteiger charge is -2.28. The number of nitrogens with zero attached hydrogens (tertiary/aromatic N) is 2. The summed E-state index contributed by atoms with van der Waals surface area (Å²) in [4.78, 5) is 8.63. The molecule has 2 heterocycles. The molecule has 0 radical (unpaired) electrons. The van der Waals surface area contributed by atoms with Crippen LogP contribution in [0.1, 0.15) is 47.0 Å². The molecule has 2 aliphatic rings. The van der Waals surface area contributed by atoms with E-state index in [-0.39, 0.29) is 17.2 Å². The Balaban J connectivity index is 1.65. The summed E-state index contributed by atoms with van der Waals surface area (Å²) in [5.74, 6) is 2.59. The van der Waals surface area contributed by atoms with Gasteiger partial charge < -0.3 is 15.4 Å². The van der Waals surface area contributed by atoms with Gasteiger partial charge in [0.15, 0.2) is 0 Å². The maximum Gasteiger partial charge on any atom is 0.131 e. The minimum absolute atomic E-state index is 0.0960. The summed E-state index contributed by atoms with van der Waals surface area (Å²) < 4.78 is 6.12. The molecule has 0 bridgehead atoms. The molecule has 1 saturated heterocycles. The Kier molecular flexibility index (Phi) is 3.56. The molecule has 1 aromatic heterocycles. The fourth-order valence-electron chi connectivity index (χ4n) is 3.07. The molecule has 1 aromatic rings. The van der Waals surface area contributed by atoms with Crippen molar-refractivity contribution >= 4 is 11.6 Å². The van der Waals surface area contributed by atoms with E-state index < -0.39 is 0 Å². The average molecular weight is 290 g/mol. The highest BCUT2D eigenvalue weighted by Crippen LogP contribution is 2.38. The zero-order valence-corrected chi connectivity index (χ0v) is 13.4. The molecule has 1 unspecified atom stereocenters. The summed E-state index contributed by atoms with van der Waals surface area (Å²) in [7, 11) is 0. The van der Waals surface area contributed by atoms with E-state index in [1.54, 1.807) is 6.33 Å². The molecule has 3 rings (SSSR count). The summed E-state index contributed by atoms with van der Waals surface area (Å²) in [6.45, 7) is 9.55. The number of anilines is 2. The van der Waals surface area contributed by atoms with E-state index in [2.05, 4.69) is 48.3 Å². The van der Waals surface area contributed by atoms with Crippen molar-refractivity contribution in [3.05, 3.63) is 12.4 Å². The third-order valence-corrected chi connectivity index (χ3v) is 4.33. The van der Waals surface area contributed by atoms with Gasteiger partial charge in [-0.05, 0) is 52.9 Å². The quantitative estimate of drug-likeness (QED) is 0.873. The Labute approximate surface area is 126 Å². The highest BCUT2D eigenvalue weighted by molar-refractivity contribution is 5.47. The Hall–Kier alpha value is -1.36. The van der Waals surface area contributed by atoms with Crippen molar-refractivity contribution in [2.24, 2.45) is 5.92 Å². The van der Waals surface area contributed by atoms with Crippen LogP contribution in [-0.2, 0) is 4.74 Å². The average Bonchev–Trinajstić information content (AvgIpc) is 3.15. The van der Waals surface area contributed by atoms with Gasteiger partial charge in [0.05, 0.1) is 17.2 Å². The molecule has 1 atom stereocenters. The first-order chi connectivity index (χ1) is 9.84. The van der Waals surface area contributed by atoms with Gasteiger partial charge in [-0.1, -0.05) is 0 Å². The molecule has 2 N–H and O–H groups in total. The minimum atomic E-state index is -0.198. The van der Waals surface area contributed by atoms with Crippen LogP contribution in [0.5, 0.6) is 0 Å². The smallest absolute Gasteiger partial charge is 0.131 e. The Morgan fingerprint density at radius 2 is 1.90 bits per heavy atom. The van der Waals surface area contributed by atoms with E-state index in [9.17, 15) is 0 Å². The zero-order valence-electron chi connectivity index (χ0n) is 13.4. The summed E-state index contributed by atoms with van der Waals surface area (Å²) in [5.41, 5.74) is -0.294. The van der Waals surface area contributed by atoms with Gasteiger partial charge in [-0.2, -0.15) is 0 Å². The number of hydrogen-bond donors (Lipinski definition) is 2.